The van der Waals surface area contributed by atoms with Crippen molar-refractivity contribution in [1.82, 2.24) is 0 Å². The Morgan fingerprint density at radius 2 is 2.11 bits per heavy atom. The number of hydrogen-bond donors (Lipinski definition) is 0. The van der Waals surface area contributed by atoms with Crippen LogP contribution in [0.15, 0.2) is 35.9 Å². The molecule has 0 bridgehead atoms. The number of ether oxygens (including phenoxy) is 1. The highest BCUT2D eigenvalue weighted by Gasteiger charge is 2.48. The molecule has 3 heteroatoms. The van der Waals surface area contributed by atoms with E-state index in [9.17, 15) is 9.59 Å². The minimum Gasteiger partial charge on any atom is -0.463 e. The zero-order chi connectivity index (χ0) is 13.5. The Morgan fingerprint density at radius 1 is 1.32 bits per heavy atom. The van der Waals surface area contributed by atoms with Crippen molar-refractivity contribution < 1.29 is 14.3 Å². The standard InChI is InChI=1S/C16H16O3/c1-2-19-15(18)12-7-8-16(10-12)9-11-5-3-4-6-13(11)14(16)17/h3-7H,2,8-10H2,1H3. The molecule has 0 radical (unpaired) electrons. The highest BCUT2D eigenvalue weighted by molar-refractivity contribution is 6.06. The molecular formula is C16H16O3. The molecule has 1 spiro atoms. The predicted octanol–water partition coefficient (Wildman–Crippen LogP) is 2.70. The van der Waals surface area contributed by atoms with Crippen LogP contribution in [-0.4, -0.2) is 18.4 Å². The number of benzene rings is 1. The van der Waals surface area contributed by atoms with E-state index < -0.39 is 5.41 Å². The fourth-order valence-electron chi connectivity index (χ4n) is 3.14. The molecule has 0 saturated carbocycles. The zero-order valence-electron chi connectivity index (χ0n) is 10.9. The lowest BCUT2D eigenvalue weighted by Crippen LogP contribution is -2.25. The Labute approximate surface area is 112 Å². The number of carbonyl (C=O) groups excluding carboxylic acids is 2. The maximum atomic E-state index is 12.6. The SMILES string of the molecule is CCOC(=O)C1=CCC2(C1)Cc1ccccc1C2=O. The first-order valence-corrected chi connectivity index (χ1v) is 6.65. The van der Waals surface area contributed by atoms with E-state index in [4.69, 9.17) is 4.74 Å². The smallest absolute Gasteiger partial charge is 0.333 e. The van der Waals surface area contributed by atoms with Gasteiger partial charge in [0.2, 0.25) is 0 Å². The number of carbonyl (C=O) groups is 2. The Balaban J connectivity index is 1.84. The Kier molecular flexibility index (Phi) is 2.77. The van der Waals surface area contributed by atoms with Crippen molar-refractivity contribution in [2.24, 2.45) is 5.41 Å². The molecule has 98 valence electrons. The van der Waals surface area contributed by atoms with E-state index in [0.717, 1.165) is 17.5 Å². The molecule has 3 rings (SSSR count). The molecule has 0 aromatic heterocycles. The van der Waals surface area contributed by atoms with Gasteiger partial charge in [-0.1, -0.05) is 30.3 Å². The first kappa shape index (κ1) is 12.2. The van der Waals surface area contributed by atoms with Crippen molar-refractivity contribution >= 4 is 11.8 Å². The lowest BCUT2D eigenvalue weighted by molar-refractivity contribution is -0.138. The predicted molar refractivity (Wildman–Crippen MR) is 70.9 cm³/mol. The summed E-state index contributed by atoms with van der Waals surface area (Å²) in [7, 11) is 0. The van der Waals surface area contributed by atoms with Crippen molar-refractivity contribution in [1.29, 1.82) is 0 Å². The third-order valence-electron chi connectivity index (χ3n) is 4.08. The number of hydrogen-bond acceptors (Lipinski definition) is 3. The molecule has 0 saturated heterocycles. The van der Waals surface area contributed by atoms with Crippen LogP contribution < -0.4 is 0 Å². The molecule has 3 nitrogen and oxygen atoms in total. The summed E-state index contributed by atoms with van der Waals surface area (Å²) in [6.07, 6.45) is 3.77. The zero-order valence-corrected chi connectivity index (χ0v) is 10.9. The van der Waals surface area contributed by atoms with Crippen LogP contribution in [0.4, 0.5) is 0 Å². The van der Waals surface area contributed by atoms with E-state index in [1.165, 1.54) is 0 Å². The number of allylic oxidation sites excluding steroid dienone is 1. The van der Waals surface area contributed by atoms with E-state index in [1.54, 1.807) is 6.92 Å². The summed E-state index contributed by atoms with van der Waals surface area (Å²) in [6, 6.07) is 7.74. The van der Waals surface area contributed by atoms with Crippen LogP contribution in [0.1, 0.15) is 35.7 Å². The van der Waals surface area contributed by atoms with Crippen LogP contribution in [-0.2, 0) is 16.0 Å². The van der Waals surface area contributed by atoms with Crippen LogP contribution in [0, 0.1) is 5.41 Å². The van der Waals surface area contributed by atoms with Crippen molar-refractivity contribution in [2.45, 2.75) is 26.2 Å². The molecule has 0 heterocycles. The molecule has 1 aromatic carbocycles. The highest BCUT2D eigenvalue weighted by Crippen LogP contribution is 2.48. The molecular weight excluding hydrogens is 240 g/mol. The summed E-state index contributed by atoms with van der Waals surface area (Å²) in [5.74, 6) is -0.0956. The number of fused-ring (bicyclic) bond motifs is 1. The molecule has 1 aromatic rings. The average Bonchev–Trinajstić information content (AvgIpc) is 2.95. The minimum atomic E-state index is -0.425. The lowest BCUT2D eigenvalue weighted by Gasteiger charge is -2.20. The summed E-state index contributed by atoms with van der Waals surface area (Å²) >= 11 is 0. The second-order valence-electron chi connectivity index (χ2n) is 5.27. The summed E-state index contributed by atoms with van der Waals surface area (Å²) in [6.45, 7) is 2.16. The second kappa shape index (κ2) is 4.34. The van der Waals surface area contributed by atoms with Gasteiger partial charge in [0.25, 0.3) is 0 Å². The topological polar surface area (TPSA) is 43.4 Å². The van der Waals surface area contributed by atoms with Gasteiger partial charge in [-0.2, -0.15) is 0 Å². The lowest BCUT2D eigenvalue weighted by atomic mass is 9.80. The molecule has 0 N–H and O–H groups in total. The molecule has 1 atom stereocenters. The van der Waals surface area contributed by atoms with Gasteiger partial charge in [-0.05, 0) is 31.7 Å². The van der Waals surface area contributed by atoms with E-state index in [-0.39, 0.29) is 11.8 Å². The van der Waals surface area contributed by atoms with Crippen LogP contribution in [0.3, 0.4) is 0 Å². The molecule has 2 aliphatic rings. The van der Waals surface area contributed by atoms with Crippen LogP contribution in [0.2, 0.25) is 0 Å². The molecule has 0 amide bonds. The Bertz CT molecular complexity index is 585. The van der Waals surface area contributed by atoms with Crippen molar-refractivity contribution in [3.63, 3.8) is 0 Å². The van der Waals surface area contributed by atoms with E-state index in [0.29, 0.717) is 25.0 Å². The highest BCUT2D eigenvalue weighted by atomic mass is 16.5. The number of rotatable bonds is 2. The largest absolute Gasteiger partial charge is 0.463 e. The van der Waals surface area contributed by atoms with Gasteiger partial charge in [-0.3, -0.25) is 4.79 Å². The number of esters is 1. The van der Waals surface area contributed by atoms with Gasteiger partial charge in [0.1, 0.15) is 0 Å². The number of Topliss-reactive ketones (excluding diaryl/α,β-unsaturated/α-hetero) is 1. The van der Waals surface area contributed by atoms with Gasteiger partial charge in [0.05, 0.1) is 6.61 Å². The van der Waals surface area contributed by atoms with Crippen molar-refractivity contribution in [3.8, 4) is 0 Å². The monoisotopic (exact) mass is 256 g/mol. The van der Waals surface area contributed by atoms with Crippen LogP contribution in [0.25, 0.3) is 0 Å². The van der Waals surface area contributed by atoms with E-state index in [1.807, 2.05) is 30.3 Å². The average molecular weight is 256 g/mol. The summed E-state index contributed by atoms with van der Waals surface area (Å²) < 4.78 is 5.02. The van der Waals surface area contributed by atoms with Gasteiger partial charge in [-0.15, -0.1) is 0 Å². The first-order chi connectivity index (χ1) is 9.16. The fourth-order valence-corrected chi connectivity index (χ4v) is 3.14. The minimum absolute atomic E-state index is 0.179. The van der Waals surface area contributed by atoms with Crippen LogP contribution >= 0.6 is 0 Å². The fraction of sp³-hybridized carbons (Fsp3) is 0.375. The molecule has 0 aliphatic heterocycles. The summed E-state index contributed by atoms with van der Waals surface area (Å²) in [5, 5.41) is 0. The van der Waals surface area contributed by atoms with Gasteiger partial charge in [-0.25, -0.2) is 4.79 Å². The van der Waals surface area contributed by atoms with Crippen LogP contribution in [0.5, 0.6) is 0 Å². The van der Waals surface area contributed by atoms with Gasteiger partial charge in [0.15, 0.2) is 5.78 Å². The summed E-state index contributed by atoms with van der Waals surface area (Å²) in [4.78, 5) is 24.3. The van der Waals surface area contributed by atoms with Crippen molar-refractivity contribution in [3.05, 3.63) is 47.0 Å². The molecule has 19 heavy (non-hydrogen) atoms. The molecule has 1 unspecified atom stereocenters. The van der Waals surface area contributed by atoms with Crippen molar-refractivity contribution in [2.75, 3.05) is 6.61 Å². The number of ketones is 1. The first-order valence-electron chi connectivity index (χ1n) is 6.65. The third-order valence-corrected chi connectivity index (χ3v) is 4.08. The quantitative estimate of drug-likeness (QED) is 0.764. The van der Waals surface area contributed by atoms with Gasteiger partial charge < -0.3 is 4.74 Å². The summed E-state index contributed by atoms with van der Waals surface area (Å²) in [5.41, 5.74) is 2.15. The maximum absolute atomic E-state index is 12.6. The normalized spacial score (nSPS) is 24.5. The van der Waals surface area contributed by atoms with E-state index in [2.05, 4.69) is 0 Å². The molecule has 2 aliphatic carbocycles. The maximum Gasteiger partial charge on any atom is 0.333 e. The van der Waals surface area contributed by atoms with Gasteiger partial charge >= 0.3 is 5.97 Å². The Hall–Kier alpha value is -1.90. The second-order valence-corrected chi connectivity index (χ2v) is 5.27. The van der Waals surface area contributed by atoms with E-state index >= 15 is 0 Å². The Morgan fingerprint density at radius 3 is 2.84 bits per heavy atom. The van der Waals surface area contributed by atoms with Gasteiger partial charge in [0, 0.05) is 16.6 Å². The third kappa shape index (κ3) is 1.81. The molecule has 0 fully saturated rings.